The lowest BCUT2D eigenvalue weighted by molar-refractivity contribution is -0.385. The Morgan fingerprint density at radius 1 is 1.38 bits per heavy atom. The zero-order valence-electron chi connectivity index (χ0n) is 12.3. The molecule has 0 atom stereocenters. The molecule has 0 unspecified atom stereocenters. The lowest BCUT2D eigenvalue weighted by Crippen LogP contribution is -2.16. The molecule has 7 heteroatoms. The minimum absolute atomic E-state index is 0.0730. The van der Waals surface area contributed by atoms with E-state index in [1.165, 1.54) is 6.07 Å². The third kappa shape index (κ3) is 5.78. The van der Waals surface area contributed by atoms with Gasteiger partial charge in [-0.3, -0.25) is 10.1 Å². The first-order chi connectivity index (χ1) is 10.1. The second kappa shape index (κ2) is 8.91. The monoisotopic (exact) mass is 296 g/mol. The molecule has 0 saturated heterocycles. The Balaban J connectivity index is 2.78. The third-order valence-electron chi connectivity index (χ3n) is 2.63. The maximum atomic E-state index is 11.3. The molecule has 0 bridgehead atoms. The molecule has 0 aliphatic rings. The number of ether oxygens (including phenoxy) is 2. The van der Waals surface area contributed by atoms with Crippen LogP contribution in [0.1, 0.15) is 25.8 Å². The van der Waals surface area contributed by atoms with E-state index in [0.717, 1.165) is 18.5 Å². The highest BCUT2D eigenvalue weighted by molar-refractivity contribution is 5.71. The lowest BCUT2D eigenvalue weighted by atomic mass is 10.2. The SMILES string of the molecule is CCCNCc1ccc([N+](=O)[O-])c(OCC(=O)OCC)c1. The van der Waals surface area contributed by atoms with Gasteiger partial charge in [0.1, 0.15) is 0 Å². The fourth-order valence-electron chi connectivity index (χ4n) is 1.68. The molecule has 1 aromatic rings. The Kier molecular flexibility index (Phi) is 7.17. The number of nitrogens with one attached hydrogen (secondary N) is 1. The van der Waals surface area contributed by atoms with Crippen molar-refractivity contribution in [3.8, 4) is 5.75 Å². The summed E-state index contributed by atoms with van der Waals surface area (Å²) in [5.74, 6) is -0.481. The van der Waals surface area contributed by atoms with Gasteiger partial charge in [0, 0.05) is 12.6 Å². The molecule has 116 valence electrons. The molecule has 0 aliphatic carbocycles. The van der Waals surface area contributed by atoms with Crippen LogP contribution in [0.15, 0.2) is 18.2 Å². The molecule has 1 rings (SSSR count). The van der Waals surface area contributed by atoms with Crippen LogP contribution in [0.2, 0.25) is 0 Å². The summed E-state index contributed by atoms with van der Waals surface area (Å²) >= 11 is 0. The summed E-state index contributed by atoms with van der Waals surface area (Å²) in [5.41, 5.74) is 0.687. The standard InChI is InChI=1S/C14H20N2O5/c1-3-7-15-9-11-5-6-12(16(18)19)13(8-11)21-10-14(17)20-4-2/h5-6,8,15H,3-4,7,9-10H2,1-2H3. The van der Waals surface area contributed by atoms with Gasteiger partial charge in [-0.2, -0.15) is 0 Å². The Morgan fingerprint density at radius 2 is 2.14 bits per heavy atom. The number of esters is 1. The highest BCUT2D eigenvalue weighted by Gasteiger charge is 2.17. The Hall–Kier alpha value is -2.15. The van der Waals surface area contributed by atoms with E-state index in [-0.39, 0.29) is 24.7 Å². The zero-order valence-corrected chi connectivity index (χ0v) is 12.3. The fraction of sp³-hybridized carbons (Fsp3) is 0.500. The first-order valence-corrected chi connectivity index (χ1v) is 6.84. The minimum atomic E-state index is -0.554. The van der Waals surface area contributed by atoms with Gasteiger partial charge in [-0.1, -0.05) is 13.0 Å². The van der Waals surface area contributed by atoms with E-state index in [1.54, 1.807) is 19.1 Å². The maximum Gasteiger partial charge on any atom is 0.344 e. The van der Waals surface area contributed by atoms with Crippen molar-refractivity contribution in [3.63, 3.8) is 0 Å². The van der Waals surface area contributed by atoms with Crippen LogP contribution >= 0.6 is 0 Å². The number of nitro benzene ring substituents is 1. The Morgan fingerprint density at radius 3 is 2.76 bits per heavy atom. The van der Waals surface area contributed by atoms with Gasteiger partial charge in [0.15, 0.2) is 12.4 Å². The summed E-state index contributed by atoms with van der Waals surface area (Å²) < 4.78 is 9.94. The van der Waals surface area contributed by atoms with E-state index in [0.29, 0.717) is 6.54 Å². The van der Waals surface area contributed by atoms with Gasteiger partial charge in [-0.05, 0) is 31.5 Å². The van der Waals surface area contributed by atoms with Gasteiger partial charge in [0.05, 0.1) is 11.5 Å². The van der Waals surface area contributed by atoms with Crippen LogP contribution in [0.3, 0.4) is 0 Å². The van der Waals surface area contributed by atoms with Crippen molar-refractivity contribution in [2.75, 3.05) is 19.8 Å². The fourth-order valence-corrected chi connectivity index (χ4v) is 1.68. The van der Waals surface area contributed by atoms with Crippen molar-refractivity contribution >= 4 is 11.7 Å². The number of nitro groups is 1. The first kappa shape index (κ1) is 16.9. The average Bonchev–Trinajstić information content (AvgIpc) is 2.45. The van der Waals surface area contributed by atoms with E-state index < -0.39 is 10.9 Å². The lowest BCUT2D eigenvalue weighted by Gasteiger charge is -2.09. The molecule has 1 aromatic carbocycles. The molecular formula is C14H20N2O5. The molecule has 0 amide bonds. The highest BCUT2D eigenvalue weighted by atomic mass is 16.6. The van der Waals surface area contributed by atoms with E-state index in [2.05, 4.69) is 12.2 Å². The van der Waals surface area contributed by atoms with Crippen LogP contribution in [0, 0.1) is 10.1 Å². The van der Waals surface area contributed by atoms with Crippen molar-refractivity contribution in [1.29, 1.82) is 0 Å². The molecule has 0 heterocycles. The van der Waals surface area contributed by atoms with E-state index in [4.69, 9.17) is 9.47 Å². The summed E-state index contributed by atoms with van der Waals surface area (Å²) in [6, 6.07) is 4.61. The average molecular weight is 296 g/mol. The van der Waals surface area contributed by atoms with E-state index >= 15 is 0 Å². The molecule has 0 aromatic heterocycles. The largest absolute Gasteiger partial charge is 0.475 e. The number of nitrogens with zero attached hydrogens (tertiary/aromatic N) is 1. The first-order valence-electron chi connectivity index (χ1n) is 6.84. The summed E-state index contributed by atoms with van der Waals surface area (Å²) in [6.07, 6.45) is 0.999. The summed E-state index contributed by atoms with van der Waals surface area (Å²) in [7, 11) is 0. The van der Waals surface area contributed by atoms with Gasteiger partial charge in [-0.25, -0.2) is 4.79 Å². The topological polar surface area (TPSA) is 90.7 Å². The minimum Gasteiger partial charge on any atom is -0.475 e. The van der Waals surface area contributed by atoms with Gasteiger partial charge < -0.3 is 14.8 Å². The van der Waals surface area contributed by atoms with E-state index in [1.807, 2.05) is 0 Å². The molecule has 0 aliphatic heterocycles. The van der Waals surface area contributed by atoms with Crippen molar-refractivity contribution in [1.82, 2.24) is 5.32 Å². The quantitative estimate of drug-likeness (QED) is 0.324. The van der Waals surface area contributed by atoms with Crippen LogP contribution in [-0.2, 0) is 16.1 Å². The second-order valence-corrected chi connectivity index (χ2v) is 4.33. The second-order valence-electron chi connectivity index (χ2n) is 4.33. The van der Waals surface area contributed by atoms with Crippen LogP contribution in [-0.4, -0.2) is 30.7 Å². The van der Waals surface area contributed by atoms with Crippen LogP contribution in [0.25, 0.3) is 0 Å². The molecule has 0 radical (unpaired) electrons. The molecule has 7 nitrogen and oxygen atoms in total. The number of carbonyl (C=O) groups is 1. The zero-order chi connectivity index (χ0) is 15.7. The van der Waals surface area contributed by atoms with Crippen LogP contribution in [0.5, 0.6) is 5.75 Å². The van der Waals surface area contributed by atoms with Crippen LogP contribution < -0.4 is 10.1 Å². The van der Waals surface area contributed by atoms with Crippen molar-refractivity contribution in [2.24, 2.45) is 0 Å². The summed E-state index contributed by atoms with van der Waals surface area (Å²) in [5, 5.41) is 14.2. The van der Waals surface area contributed by atoms with Crippen molar-refractivity contribution in [3.05, 3.63) is 33.9 Å². The molecule has 0 spiro atoms. The number of rotatable bonds is 9. The molecule has 0 fully saturated rings. The molecule has 21 heavy (non-hydrogen) atoms. The van der Waals surface area contributed by atoms with E-state index in [9.17, 15) is 14.9 Å². The predicted octanol–water partition coefficient (Wildman–Crippen LogP) is 2.04. The summed E-state index contributed by atoms with van der Waals surface area (Å²) in [4.78, 5) is 21.7. The molecule has 1 N–H and O–H groups in total. The van der Waals surface area contributed by atoms with Crippen molar-refractivity contribution in [2.45, 2.75) is 26.8 Å². The number of hydrogen-bond donors (Lipinski definition) is 1. The Bertz CT molecular complexity index is 490. The van der Waals surface area contributed by atoms with Gasteiger partial charge in [0.2, 0.25) is 0 Å². The van der Waals surface area contributed by atoms with Gasteiger partial charge in [-0.15, -0.1) is 0 Å². The van der Waals surface area contributed by atoms with Gasteiger partial charge >= 0.3 is 11.7 Å². The molecular weight excluding hydrogens is 276 g/mol. The maximum absolute atomic E-state index is 11.3. The van der Waals surface area contributed by atoms with Crippen molar-refractivity contribution < 1.29 is 19.2 Å². The number of benzene rings is 1. The number of carbonyl (C=O) groups excluding carboxylic acids is 1. The van der Waals surface area contributed by atoms with Gasteiger partial charge in [0.25, 0.3) is 0 Å². The number of hydrogen-bond acceptors (Lipinski definition) is 6. The summed E-state index contributed by atoms with van der Waals surface area (Å²) in [6.45, 7) is 5.07. The molecule has 0 saturated carbocycles. The van der Waals surface area contributed by atoms with Crippen LogP contribution in [0.4, 0.5) is 5.69 Å². The Labute approximate surface area is 123 Å². The highest BCUT2D eigenvalue weighted by Crippen LogP contribution is 2.28. The smallest absolute Gasteiger partial charge is 0.344 e. The predicted molar refractivity (Wildman–Crippen MR) is 77.2 cm³/mol. The third-order valence-corrected chi connectivity index (χ3v) is 2.63. The normalized spacial score (nSPS) is 10.2.